The Bertz CT molecular complexity index is 1170. The maximum absolute atomic E-state index is 13.7. The second-order valence-corrected chi connectivity index (χ2v) is 9.32. The van der Waals surface area contributed by atoms with Gasteiger partial charge in [0.2, 0.25) is 0 Å². The molecular weight excluding hydrogens is 512 g/mol. The van der Waals surface area contributed by atoms with Crippen molar-refractivity contribution in [2.75, 3.05) is 0 Å². The molecule has 0 N–H and O–H groups in total. The zero-order valence-corrected chi connectivity index (χ0v) is 22.5. The predicted molar refractivity (Wildman–Crippen MR) is 146 cm³/mol. The summed E-state index contributed by atoms with van der Waals surface area (Å²) in [6.45, 7) is 6.26. The van der Waals surface area contributed by atoms with Crippen LogP contribution in [0.2, 0.25) is 0 Å². The normalized spacial score (nSPS) is 10.9. The number of ether oxygens (including phenoxy) is 4. The molecule has 0 fully saturated rings. The molecule has 0 saturated heterocycles. The van der Waals surface area contributed by atoms with Gasteiger partial charge in [0.05, 0.1) is 6.10 Å². The molecule has 0 radical (unpaired) electrons. The topological polar surface area (TPSA) is 105 Å². The fourth-order valence-corrected chi connectivity index (χ4v) is 3.70. The van der Waals surface area contributed by atoms with E-state index >= 15 is 0 Å². The molecule has 0 unspecified atom stereocenters. The first-order valence-electron chi connectivity index (χ1n) is 12.7. The number of carbonyl (C=O) groups excluding carboxylic acids is 4. The molecule has 0 aliphatic heterocycles. The van der Waals surface area contributed by atoms with Crippen LogP contribution in [0, 0.1) is 5.41 Å². The Kier molecular flexibility index (Phi) is 10.8. The highest BCUT2D eigenvalue weighted by Gasteiger charge is 2.58. The quantitative estimate of drug-likeness (QED) is 0.127. The van der Waals surface area contributed by atoms with Crippen molar-refractivity contribution in [3.63, 3.8) is 0 Å². The minimum Gasteiger partial charge on any atom is -0.460 e. The van der Waals surface area contributed by atoms with Crippen LogP contribution in [0.5, 0.6) is 0 Å². The third-order valence-electron chi connectivity index (χ3n) is 5.79. The fourth-order valence-electron chi connectivity index (χ4n) is 3.70. The molecule has 0 atom stereocenters. The van der Waals surface area contributed by atoms with E-state index in [2.05, 4.69) is 6.58 Å². The van der Waals surface area contributed by atoms with Gasteiger partial charge in [-0.1, -0.05) is 97.6 Å². The van der Waals surface area contributed by atoms with Crippen LogP contribution in [0.25, 0.3) is 0 Å². The monoisotopic (exact) mass is 544 g/mol. The second-order valence-electron chi connectivity index (χ2n) is 9.32. The minimum absolute atomic E-state index is 0.234. The largest absolute Gasteiger partial charge is 0.460 e. The Morgan fingerprint density at radius 1 is 0.625 bits per heavy atom. The van der Waals surface area contributed by atoms with Gasteiger partial charge in [-0.3, -0.25) is 14.4 Å². The summed E-state index contributed by atoms with van der Waals surface area (Å²) in [5, 5.41) is 0. The van der Waals surface area contributed by atoms with Crippen molar-refractivity contribution in [1.82, 2.24) is 0 Å². The number of rotatable bonds is 13. The first kappa shape index (κ1) is 29.8. The van der Waals surface area contributed by atoms with Crippen molar-refractivity contribution in [2.45, 2.75) is 46.2 Å². The zero-order valence-electron chi connectivity index (χ0n) is 22.5. The van der Waals surface area contributed by atoms with Gasteiger partial charge in [-0.15, -0.1) is 0 Å². The van der Waals surface area contributed by atoms with E-state index in [0.29, 0.717) is 16.7 Å². The highest BCUT2D eigenvalue weighted by atomic mass is 16.6. The summed E-state index contributed by atoms with van der Waals surface area (Å²) in [7, 11) is 0. The number of hydrogen-bond acceptors (Lipinski definition) is 8. The summed E-state index contributed by atoms with van der Waals surface area (Å²) in [5.74, 6) is -4.56. The van der Waals surface area contributed by atoms with Gasteiger partial charge in [0, 0.05) is 12.0 Å². The molecule has 0 aliphatic carbocycles. The van der Waals surface area contributed by atoms with Crippen molar-refractivity contribution in [2.24, 2.45) is 5.41 Å². The number of esters is 4. The van der Waals surface area contributed by atoms with Gasteiger partial charge in [0.15, 0.2) is 0 Å². The lowest BCUT2D eigenvalue weighted by atomic mass is 9.81. The van der Waals surface area contributed by atoms with Crippen LogP contribution >= 0.6 is 0 Å². The third kappa shape index (κ3) is 8.14. The number of benzene rings is 3. The van der Waals surface area contributed by atoms with Crippen molar-refractivity contribution >= 4 is 23.9 Å². The second kappa shape index (κ2) is 14.4. The molecule has 0 heterocycles. The zero-order chi connectivity index (χ0) is 29.0. The highest BCUT2D eigenvalue weighted by molar-refractivity contribution is 6.18. The Labute approximate surface area is 233 Å². The highest BCUT2D eigenvalue weighted by Crippen LogP contribution is 2.34. The SMILES string of the molecule is C=C(CC(C(=O)OCc1ccccc1)(C(=O)OCc1ccccc1)C(=O)OCc1ccccc1)C(=O)OC(C)C. The van der Waals surface area contributed by atoms with Crippen LogP contribution in [0.1, 0.15) is 37.0 Å². The van der Waals surface area contributed by atoms with E-state index in [4.69, 9.17) is 18.9 Å². The van der Waals surface area contributed by atoms with Gasteiger partial charge < -0.3 is 18.9 Å². The van der Waals surface area contributed by atoms with E-state index < -0.39 is 41.8 Å². The van der Waals surface area contributed by atoms with Crippen molar-refractivity contribution in [3.05, 3.63) is 120 Å². The van der Waals surface area contributed by atoms with Gasteiger partial charge in [-0.2, -0.15) is 0 Å². The summed E-state index contributed by atoms with van der Waals surface area (Å²) < 4.78 is 21.6. The van der Waals surface area contributed by atoms with Crippen LogP contribution in [-0.2, 0) is 57.9 Å². The summed E-state index contributed by atoms with van der Waals surface area (Å²) in [4.78, 5) is 53.8. The average Bonchev–Trinajstić information content (AvgIpc) is 2.97. The van der Waals surface area contributed by atoms with E-state index in [1.54, 1.807) is 105 Å². The molecule has 3 rings (SSSR count). The lowest BCUT2D eigenvalue weighted by molar-refractivity contribution is -0.186. The summed E-state index contributed by atoms with van der Waals surface area (Å²) in [5.41, 5.74) is -1.10. The molecule has 3 aromatic carbocycles. The van der Waals surface area contributed by atoms with Crippen LogP contribution in [0.15, 0.2) is 103 Å². The van der Waals surface area contributed by atoms with Crippen molar-refractivity contribution in [1.29, 1.82) is 0 Å². The number of hydrogen-bond donors (Lipinski definition) is 0. The van der Waals surface area contributed by atoms with Crippen LogP contribution in [0.3, 0.4) is 0 Å². The predicted octanol–water partition coefficient (Wildman–Crippen LogP) is 5.10. The fraction of sp³-hybridized carbons (Fsp3) is 0.250. The standard InChI is InChI=1S/C32H32O8/c1-23(2)40-28(33)24(3)19-32(29(34)37-20-25-13-7-4-8-14-25,30(35)38-21-26-15-9-5-10-16-26)31(36)39-22-27-17-11-6-12-18-27/h4-18,23H,3,19-22H2,1-2H3. The Morgan fingerprint density at radius 3 is 1.25 bits per heavy atom. The molecule has 0 bridgehead atoms. The molecule has 0 saturated carbocycles. The molecule has 0 aliphatic rings. The smallest absolute Gasteiger partial charge is 0.335 e. The van der Waals surface area contributed by atoms with Gasteiger partial charge in [-0.05, 0) is 30.5 Å². The average molecular weight is 545 g/mol. The lowest BCUT2D eigenvalue weighted by Crippen LogP contribution is -2.50. The first-order valence-corrected chi connectivity index (χ1v) is 12.7. The molecule has 0 amide bonds. The maximum Gasteiger partial charge on any atom is 0.335 e. The lowest BCUT2D eigenvalue weighted by Gasteiger charge is -2.28. The molecule has 40 heavy (non-hydrogen) atoms. The molecule has 8 nitrogen and oxygen atoms in total. The number of carbonyl (C=O) groups is 4. The Morgan fingerprint density at radius 2 is 0.950 bits per heavy atom. The van der Waals surface area contributed by atoms with Crippen LogP contribution in [-0.4, -0.2) is 30.0 Å². The third-order valence-corrected chi connectivity index (χ3v) is 5.79. The summed E-state index contributed by atoms with van der Waals surface area (Å²) >= 11 is 0. The van der Waals surface area contributed by atoms with Gasteiger partial charge in [-0.25, -0.2) is 4.79 Å². The molecule has 0 aromatic heterocycles. The van der Waals surface area contributed by atoms with Crippen LogP contribution in [0.4, 0.5) is 0 Å². The van der Waals surface area contributed by atoms with E-state index in [-0.39, 0.29) is 25.4 Å². The van der Waals surface area contributed by atoms with Gasteiger partial charge >= 0.3 is 23.9 Å². The molecule has 8 heteroatoms. The molecule has 208 valence electrons. The van der Waals surface area contributed by atoms with E-state index in [1.165, 1.54) is 0 Å². The first-order chi connectivity index (χ1) is 19.2. The van der Waals surface area contributed by atoms with Crippen molar-refractivity contribution < 1.29 is 38.1 Å². The minimum atomic E-state index is -2.68. The van der Waals surface area contributed by atoms with Crippen molar-refractivity contribution in [3.8, 4) is 0 Å². The Balaban J connectivity index is 1.97. The molecule has 0 spiro atoms. The molecule has 3 aromatic rings. The van der Waals surface area contributed by atoms with Gasteiger partial charge in [0.25, 0.3) is 5.41 Å². The summed E-state index contributed by atoms with van der Waals surface area (Å²) in [6.07, 6.45) is -1.26. The van der Waals surface area contributed by atoms with E-state index in [9.17, 15) is 19.2 Å². The Hall–Kier alpha value is -4.72. The van der Waals surface area contributed by atoms with E-state index in [1.807, 2.05) is 0 Å². The van der Waals surface area contributed by atoms with Crippen LogP contribution < -0.4 is 0 Å². The van der Waals surface area contributed by atoms with E-state index in [0.717, 1.165) is 0 Å². The van der Waals surface area contributed by atoms with Gasteiger partial charge in [0.1, 0.15) is 19.8 Å². The maximum atomic E-state index is 13.7. The summed E-state index contributed by atoms with van der Waals surface area (Å²) in [6, 6.07) is 26.2. The molecular formula is C32H32O8.